The third-order valence-corrected chi connectivity index (χ3v) is 8.34. The summed E-state index contributed by atoms with van der Waals surface area (Å²) in [7, 11) is 1.93. The third-order valence-electron chi connectivity index (χ3n) is 8.34. The van der Waals surface area contributed by atoms with Crippen LogP contribution < -0.4 is 26.6 Å². The van der Waals surface area contributed by atoms with Crippen LogP contribution in [0.2, 0.25) is 0 Å². The van der Waals surface area contributed by atoms with Crippen molar-refractivity contribution in [3.63, 3.8) is 0 Å². The van der Waals surface area contributed by atoms with Crippen molar-refractivity contribution in [2.24, 2.45) is 0 Å². The first-order valence-electron chi connectivity index (χ1n) is 12.9. The van der Waals surface area contributed by atoms with Gasteiger partial charge in [0.25, 0.3) is 0 Å². The summed E-state index contributed by atoms with van der Waals surface area (Å²) in [5, 5.41) is 19.0. The third kappa shape index (κ3) is 4.58. The Labute approximate surface area is 192 Å². The fourth-order valence-corrected chi connectivity index (χ4v) is 6.90. The van der Waals surface area contributed by atoms with E-state index in [2.05, 4.69) is 45.3 Å². The fraction of sp³-hybridized carbons (Fsp3) is 0.957. The number of fused-ring (bicyclic) bond motifs is 5. The van der Waals surface area contributed by atoms with Crippen molar-refractivity contribution < 1.29 is 9.53 Å². The number of carbonyl (C=O) groups is 1. The second kappa shape index (κ2) is 9.82. The highest BCUT2D eigenvalue weighted by Gasteiger charge is 2.48. The molecule has 0 saturated carbocycles. The van der Waals surface area contributed by atoms with E-state index in [4.69, 9.17) is 4.74 Å². The van der Waals surface area contributed by atoms with E-state index in [-0.39, 0.29) is 18.1 Å². The molecular weight excluding hydrogens is 406 g/mol. The van der Waals surface area contributed by atoms with Crippen molar-refractivity contribution in [1.29, 1.82) is 0 Å². The highest BCUT2D eigenvalue weighted by molar-refractivity contribution is 5.82. The van der Waals surface area contributed by atoms with Crippen molar-refractivity contribution >= 4 is 5.91 Å². The zero-order valence-electron chi connectivity index (χ0n) is 20.0. The van der Waals surface area contributed by atoms with Gasteiger partial charge in [0.2, 0.25) is 5.91 Å². The monoisotopic (exact) mass is 449 g/mol. The van der Waals surface area contributed by atoms with Crippen molar-refractivity contribution in [3.05, 3.63) is 0 Å². The lowest BCUT2D eigenvalue weighted by Crippen LogP contribution is -2.68. The van der Waals surface area contributed by atoms with Crippen LogP contribution in [0.5, 0.6) is 0 Å². The number of likely N-dealkylation sites (N-methyl/N-ethyl adjacent to an activating group) is 1. The molecule has 6 unspecified atom stereocenters. The molecule has 0 aromatic heterocycles. The molecule has 9 heteroatoms. The second-order valence-corrected chi connectivity index (χ2v) is 10.5. The lowest BCUT2D eigenvalue weighted by atomic mass is 9.84. The summed E-state index contributed by atoms with van der Waals surface area (Å²) in [4.78, 5) is 17.7. The Kier molecular flexibility index (Phi) is 7.04. The van der Waals surface area contributed by atoms with Gasteiger partial charge >= 0.3 is 0 Å². The van der Waals surface area contributed by atoms with Crippen molar-refractivity contribution in [3.8, 4) is 0 Å². The van der Waals surface area contributed by atoms with Crippen LogP contribution in [0.25, 0.3) is 0 Å². The van der Waals surface area contributed by atoms with E-state index in [1.165, 1.54) is 12.8 Å². The van der Waals surface area contributed by atoms with Crippen LogP contribution in [0, 0.1) is 0 Å². The Morgan fingerprint density at radius 2 is 1.94 bits per heavy atom. The van der Waals surface area contributed by atoms with Gasteiger partial charge in [0.05, 0.1) is 24.5 Å². The standard InChI is InChI=1S/C23H43N7O2/c1-4-32-16-12-29(3)23(31)19-10-15(11-25-19)27-20-7-5-6-17(28-20)21-22-18(8-9-24-21)26-14(2)30(22)13-16/h14-22,24-28H,4-13H2,1-3H3/t14?,15-,16-,17?,18?,19-,20?,21?,22?/m0/s1. The molecule has 0 spiro atoms. The Morgan fingerprint density at radius 3 is 2.78 bits per heavy atom. The van der Waals surface area contributed by atoms with Gasteiger partial charge in [-0.2, -0.15) is 0 Å². The fourth-order valence-electron chi connectivity index (χ4n) is 6.90. The molecule has 0 aromatic carbocycles. The lowest BCUT2D eigenvalue weighted by Gasteiger charge is -2.46. The lowest BCUT2D eigenvalue weighted by molar-refractivity contribution is -0.134. The number of hydrogen-bond acceptors (Lipinski definition) is 8. The first-order valence-corrected chi connectivity index (χ1v) is 12.9. The van der Waals surface area contributed by atoms with Gasteiger partial charge in [-0.05, 0) is 52.5 Å². The summed E-state index contributed by atoms with van der Waals surface area (Å²) in [5.74, 6) is 0.186. The summed E-state index contributed by atoms with van der Waals surface area (Å²) in [5.41, 5.74) is 0. The summed E-state index contributed by atoms with van der Waals surface area (Å²) >= 11 is 0. The number of carbonyl (C=O) groups excluding carboxylic acids is 1. The van der Waals surface area contributed by atoms with Gasteiger partial charge in [-0.1, -0.05) is 0 Å². The predicted molar refractivity (Wildman–Crippen MR) is 124 cm³/mol. The maximum atomic E-state index is 13.2. The second-order valence-electron chi connectivity index (χ2n) is 10.5. The van der Waals surface area contributed by atoms with Crippen LogP contribution in [-0.4, -0.2) is 110 Å². The Morgan fingerprint density at radius 1 is 1.06 bits per heavy atom. The molecule has 1 amide bonds. The molecule has 9 nitrogen and oxygen atoms in total. The van der Waals surface area contributed by atoms with Crippen LogP contribution in [-0.2, 0) is 9.53 Å². The minimum Gasteiger partial charge on any atom is -0.375 e. The van der Waals surface area contributed by atoms with Gasteiger partial charge in [0.1, 0.15) is 0 Å². The first-order chi connectivity index (χ1) is 15.5. The number of amides is 1. The van der Waals surface area contributed by atoms with Gasteiger partial charge in [-0.25, -0.2) is 0 Å². The highest BCUT2D eigenvalue weighted by Crippen LogP contribution is 2.30. The van der Waals surface area contributed by atoms with E-state index in [0.717, 1.165) is 38.9 Å². The number of rotatable bonds is 2. The summed E-state index contributed by atoms with van der Waals surface area (Å²) in [6.45, 7) is 8.39. The zero-order valence-corrected chi connectivity index (χ0v) is 20.0. The van der Waals surface area contributed by atoms with Crippen molar-refractivity contribution in [1.82, 2.24) is 36.4 Å². The number of hydrogen-bond donors (Lipinski definition) is 5. The first kappa shape index (κ1) is 23.0. The quantitative estimate of drug-likeness (QED) is 0.367. The van der Waals surface area contributed by atoms with E-state index < -0.39 is 0 Å². The zero-order chi connectivity index (χ0) is 22.2. The molecular formula is C23H43N7O2. The van der Waals surface area contributed by atoms with Gasteiger partial charge < -0.3 is 20.3 Å². The molecule has 5 N–H and O–H groups in total. The van der Waals surface area contributed by atoms with Crippen LogP contribution in [0.15, 0.2) is 0 Å². The van der Waals surface area contributed by atoms with E-state index >= 15 is 0 Å². The minimum absolute atomic E-state index is 0.00652. The highest BCUT2D eigenvalue weighted by atomic mass is 16.5. The molecule has 5 saturated heterocycles. The average molecular weight is 450 g/mol. The van der Waals surface area contributed by atoms with Crippen LogP contribution in [0.1, 0.15) is 46.0 Å². The maximum absolute atomic E-state index is 13.2. The Hall–Kier alpha value is -0.810. The normalized spacial score (nSPS) is 45.9. The topological polar surface area (TPSA) is 92.9 Å². The Bertz CT molecular complexity index is 666. The summed E-state index contributed by atoms with van der Waals surface area (Å²) in [6.07, 6.45) is 6.24. The maximum Gasteiger partial charge on any atom is 0.239 e. The molecule has 0 aromatic rings. The van der Waals surface area contributed by atoms with Crippen molar-refractivity contribution in [2.75, 3.05) is 39.8 Å². The molecule has 5 fully saturated rings. The van der Waals surface area contributed by atoms with Gasteiger partial charge in [0, 0.05) is 63.5 Å². The van der Waals surface area contributed by atoms with Crippen LogP contribution >= 0.6 is 0 Å². The SMILES string of the molecule is CCO[C@H]1CN(C)C(=O)[C@@H]2C[C@@H](CN2)NC2CCCC(N2)C2NCCC3NC(C)N(C1)C32. The summed E-state index contributed by atoms with van der Waals surface area (Å²) in [6, 6.07) is 2.03. The van der Waals surface area contributed by atoms with E-state index in [0.29, 0.717) is 55.7 Å². The van der Waals surface area contributed by atoms with Crippen LogP contribution in [0.4, 0.5) is 0 Å². The summed E-state index contributed by atoms with van der Waals surface area (Å²) < 4.78 is 6.19. The van der Waals surface area contributed by atoms with Gasteiger partial charge in [0.15, 0.2) is 0 Å². The molecule has 5 aliphatic rings. The molecule has 9 atom stereocenters. The van der Waals surface area contributed by atoms with Crippen molar-refractivity contribution in [2.45, 2.75) is 101 Å². The predicted octanol–water partition coefficient (Wildman–Crippen LogP) is -0.998. The molecule has 0 aliphatic carbocycles. The molecule has 0 radical (unpaired) electrons. The van der Waals surface area contributed by atoms with Gasteiger partial charge in [-0.3, -0.25) is 25.6 Å². The molecule has 5 heterocycles. The molecule has 5 rings (SSSR count). The largest absolute Gasteiger partial charge is 0.375 e. The molecule has 4 bridgehead atoms. The molecule has 32 heavy (non-hydrogen) atoms. The molecule has 5 aliphatic heterocycles. The smallest absolute Gasteiger partial charge is 0.239 e. The van der Waals surface area contributed by atoms with E-state index in [9.17, 15) is 4.79 Å². The Balaban J connectivity index is 1.43. The van der Waals surface area contributed by atoms with E-state index in [1.54, 1.807) is 0 Å². The molecule has 182 valence electrons. The van der Waals surface area contributed by atoms with Crippen LogP contribution in [0.3, 0.4) is 0 Å². The number of piperidine rings is 2. The number of ether oxygens (including phenoxy) is 1. The minimum atomic E-state index is -0.106. The number of nitrogens with zero attached hydrogens (tertiary/aromatic N) is 2. The number of nitrogens with one attached hydrogen (secondary N) is 5. The van der Waals surface area contributed by atoms with E-state index in [1.807, 2.05) is 11.9 Å². The average Bonchev–Trinajstić information content (AvgIpc) is 3.37. The van der Waals surface area contributed by atoms with Gasteiger partial charge in [-0.15, -0.1) is 0 Å².